The molecular formula is C20H35NO6. The van der Waals surface area contributed by atoms with Crippen LogP contribution in [-0.4, -0.2) is 42.4 Å². The fourth-order valence-corrected chi connectivity index (χ4v) is 3.28. The quantitative estimate of drug-likeness (QED) is 0.574. The topological polar surface area (TPSA) is 90.9 Å². The fourth-order valence-electron chi connectivity index (χ4n) is 3.28. The summed E-state index contributed by atoms with van der Waals surface area (Å²) in [6, 6.07) is -0.743. The van der Waals surface area contributed by atoms with Crippen molar-refractivity contribution in [2.45, 2.75) is 90.9 Å². The average Bonchev–Trinajstić information content (AvgIpc) is 2.49. The van der Waals surface area contributed by atoms with Gasteiger partial charge in [0.2, 0.25) is 0 Å². The molecule has 7 heteroatoms. The number of rotatable bonds is 5. The van der Waals surface area contributed by atoms with E-state index in [0.717, 1.165) is 25.7 Å². The molecule has 27 heavy (non-hydrogen) atoms. The molecule has 7 nitrogen and oxygen atoms in total. The molecule has 0 aliphatic heterocycles. The van der Waals surface area contributed by atoms with Gasteiger partial charge in [-0.15, -0.1) is 0 Å². The van der Waals surface area contributed by atoms with Crippen molar-refractivity contribution < 1.29 is 28.6 Å². The number of amides is 1. The normalized spacial score (nSPS) is 21.7. The van der Waals surface area contributed by atoms with Crippen molar-refractivity contribution in [1.82, 2.24) is 5.32 Å². The lowest BCUT2D eigenvalue weighted by molar-refractivity contribution is -0.156. The van der Waals surface area contributed by atoms with Gasteiger partial charge >= 0.3 is 18.0 Å². The standard InChI is InChI=1S/C20H35NO6/c1-19(2,3)26-15(22)12-13-8-10-14(11-9-13)16(17(23)25-7)21-18(24)27-20(4,5)6/h13-14,16H,8-12H2,1-7H3,(H,21,24)/t13?,14?,16-/m1/s1. The van der Waals surface area contributed by atoms with Crippen LogP contribution in [-0.2, 0) is 23.8 Å². The van der Waals surface area contributed by atoms with E-state index in [4.69, 9.17) is 14.2 Å². The van der Waals surface area contributed by atoms with Gasteiger partial charge in [0.15, 0.2) is 0 Å². The molecule has 1 N–H and O–H groups in total. The Morgan fingerprint density at radius 1 is 0.926 bits per heavy atom. The predicted octanol–water partition coefficient (Wildman–Crippen LogP) is 3.59. The Labute approximate surface area is 162 Å². The molecule has 0 aromatic heterocycles. The Hall–Kier alpha value is -1.79. The molecule has 1 aliphatic rings. The first kappa shape index (κ1) is 23.2. The smallest absolute Gasteiger partial charge is 0.408 e. The van der Waals surface area contributed by atoms with E-state index in [9.17, 15) is 14.4 Å². The van der Waals surface area contributed by atoms with E-state index in [0.29, 0.717) is 6.42 Å². The summed E-state index contributed by atoms with van der Waals surface area (Å²) in [6.45, 7) is 10.9. The zero-order valence-electron chi connectivity index (χ0n) is 17.7. The van der Waals surface area contributed by atoms with E-state index >= 15 is 0 Å². The van der Waals surface area contributed by atoms with Crippen molar-refractivity contribution in [2.75, 3.05) is 7.11 Å². The first-order valence-electron chi connectivity index (χ1n) is 9.60. The number of hydrogen-bond acceptors (Lipinski definition) is 6. The second-order valence-corrected chi connectivity index (χ2v) is 9.22. The summed E-state index contributed by atoms with van der Waals surface area (Å²) in [6.07, 6.45) is 2.80. The second kappa shape index (κ2) is 9.42. The molecule has 1 atom stereocenters. The number of alkyl carbamates (subject to hydrolysis) is 1. The third-order valence-corrected chi connectivity index (χ3v) is 4.37. The van der Waals surface area contributed by atoms with E-state index in [1.807, 2.05) is 20.8 Å². The molecular weight excluding hydrogens is 350 g/mol. The Bertz CT molecular complexity index is 524. The largest absolute Gasteiger partial charge is 0.467 e. The Kier molecular flexibility index (Phi) is 8.11. The van der Waals surface area contributed by atoms with Gasteiger partial charge in [0.1, 0.15) is 17.2 Å². The molecule has 0 heterocycles. The minimum absolute atomic E-state index is 0.0418. The monoisotopic (exact) mass is 385 g/mol. The number of ether oxygens (including phenoxy) is 3. The lowest BCUT2D eigenvalue weighted by Gasteiger charge is -2.33. The van der Waals surface area contributed by atoms with Crippen molar-refractivity contribution >= 4 is 18.0 Å². The molecule has 0 radical (unpaired) electrons. The fraction of sp³-hybridized carbons (Fsp3) is 0.850. The molecule has 0 aromatic carbocycles. The molecule has 0 spiro atoms. The van der Waals surface area contributed by atoms with Gasteiger partial charge in [-0.25, -0.2) is 9.59 Å². The van der Waals surface area contributed by atoms with Crippen LogP contribution in [0.3, 0.4) is 0 Å². The molecule has 1 fully saturated rings. The number of esters is 2. The number of nitrogens with one attached hydrogen (secondary N) is 1. The summed E-state index contributed by atoms with van der Waals surface area (Å²) < 4.78 is 15.5. The highest BCUT2D eigenvalue weighted by Gasteiger charge is 2.35. The van der Waals surface area contributed by atoms with Gasteiger partial charge < -0.3 is 19.5 Å². The third kappa shape index (κ3) is 9.11. The van der Waals surface area contributed by atoms with Crippen LogP contribution in [0.2, 0.25) is 0 Å². The van der Waals surface area contributed by atoms with Gasteiger partial charge in [-0.2, -0.15) is 0 Å². The number of hydrogen-bond donors (Lipinski definition) is 1. The van der Waals surface area contributed by atoms with Gasteiger partial charge in [0.25, 0.3) is 0 Å². The summed E-state index contributed by atoms with van der Waals surface area (Å²) >= 11 is 0. The van der Waals surface area contributed by atoms with Crippen LogP contribution >= 0.6 is 0 Å². The highest BCUT2D eigenvalue weighted by molar-refractivity contribution is 5.81. The maximum Gasteiger partial charge on any atom is 0.408 e. The Morgan fingerprint density at radius 2 is 1.44 bits per heavy atom. The Morgan fingerprint density at radius 3 is 1.89 bits per heavy atom. The van der Waals surface area contributed by atoms with E-state index in [-0.39, 0.29) is 17.8 Å². The van der Waals surface area contributed by atoms with Crippen molar-refractivity contribution in [3.63, 3.8) is 0 Å². The molecule has 1 saturated carbocycles. The molecule has 0 bridgehead atoms. The maximum absolute atomic E-state index is 12.2. The zero-order chi connectivity index (χ0) is 20.8. The van der Waals surface area contributed by atoms with Gasteiger partial charge in [-0.3, -0.25) is 4.79 Å². The van der Waals surface area contributed by atoms with Crippen LogP contribution in [0, 0.1) is 11.8 Å². The van der Waals surface area contributed by atoms with Crippen LogP contribution in [0.15, 0.2) is 0 Å². The predicted molar refractivity (Wildman–Crippen MR) is 101 cm³/mol. The van der Waals surface area contributed by atoms with Gasteiger partial charge in [0, 0.05) is 6.42 Å². The van der Waals surface area contributed by atoms with Crippen LogP contribution in [0.25, 0.3) is 0 Å². The van der Waals surface area contributed by atoms with Crippen molar-refractivity contribution in [3.8, 4) is 0 Å². The van der Waals surface area contributed by atoms with Crippen LogP contribution < -0.4 is 5.32 Å². The van der Waals surface area contributed by atoms with Gasteiger partial charge in [0.05, 0.1) is 7.11 Å². The van der Waals surface area contributed by atoms with E-state index in [1.54, 1.807) is 20.8 Å². The molecule has 1 rings (SSSR count). The van der Waals surface area contributed by atoms with Gasteiger partial charge in [-0.05, 0) is 79.1 Å². The molecule has 1 aliphatic carbocycles. The highest BCUT2D eigenvalue weighted by atomic mass is 16.6. The number of carbonyl (C=O) groups excluding carboxylic acids is 3. The number of methoxy groups -OCH3 is 1. The number of carbonyl (C=O) groups is 3. The van der Waals surface area contributed by atoms with Gasteiger partial charge in [-0.1, -0.05) is 0 Å². The van der Waals surface area contributed by atoms with E-state index in [2.05, 4.69) is 5.32 Å². The third-order valence-electron chi connectivity index (χ3n) is 4.37. The minimum Gasteiger partial charge on any atom is -0.467 e. The molecule has 0 aromatic rings. The summed E-state index contributed by atoms with van der Waals surface area (Å²) in [4.78, 5) is 36.2. The maximum atomic E-state index is 12.2. The van der Waals surface area contributed by atoms with E-state index in [1.165, 1.54) is 7.11 Å². The zero-order valence-corrected chi connectivity index (χ0v) is 17.7. The minimum atomic E-state index is -0.743. The lowest BCUT2D eigenvalue weighted by Crippen LogP contribution is -2.49. The highest BCUT2D eigenvalue weighted by Crippen LogP contribution is 2.33. The first-order valence-corrected chi connectivity index (χ1v) is 9.60. The first-order chi connectivity index (χ1) is 12.3. The van der Waals surface area contributed by atoms with E-state index < -0.39 is 29.3 Å². The lowest BCUT2D eigenvalue weighted by atomic mass is 9.77. The molecule has 0 saturated heterocycles. The molecule has 1 amide bonds. The van der Waals surface area contributed by atoms with Crippen molar-refractivity contribution in [3.05, 3.63) is 0 Å². The molecule has 156 valence electrons. The summed E-state index contributed by atoms with van der Waals surface area (Å²) in [5, 5.41) is 2.65. The average molecular weight is 386 g/mol. The van der Waals surface area contributed by atoms with Crippen LogP contribution in [0.1, 0.15) is 73.6 Å². The van der Waals surface area contributed by atoms with Crippen LogP contribution in [0.5, 0.6) is 0 Å². The van der Waals surface area contributed by atoms with Crippen LogP contribution in [0.4, 0.5) is 4.79 Å². The van der Waals surface area contributed by atoms with Crippen molar-refractivity contribution in [2.24, 2.45) is 11.8 Å². The van der Waals surface area contributed by atoms with Crippen molar-refractivity contribution in [1.29, 1.82) is 0 Å². The SMILES string of the molecule is COC(=O)[C@H](NC(=O)OC(C)(C)C)C1CCC(CC(=O)OC(C)(C)C)CC1. The second-order valence-electron chi connectivity index (χ2n) is 9.22. The summed E-state index contributed by atoms with van der Waals surface area (Å²) in [5.41, 5.74) is -1.13. The Balaban J connectivity index is 2.60. The summed E-state index contributed by atoms with van der Waals surface area (Å²) in [7, 11) is 1.31. The summed E-state index contributed by atoms with van der Waals surface area (Å²) in [5.74, 6) is -0.477. The molecule has 0 unspecified atom stereocenters.